The van der Waals surface area contributed by atoms with Crippen molar-refractivity contribution in [3.8, 4) is 0 Å². The standard InChI is InChI=1S/C17H29N5O2S/c1-14-7-5-10-20(13-14)25(23,24)22-12-6-8-15(22)17-19-18-16-9-3-2-4-11-21(16)17/h14-15H,2-13H2,1H3. The molecule has 0 N–H and O–H groups in total. The van der Waals surface area contributed by atoms with E-state index in [1.54, 1.807) is 8.61 Å². The number of hydrogen-bond donors (Lipinski definition) is 0. The zero-order chi connectivity index (χ0) is 17.4. The van der Waals surface area contributed by atoms with Crippen molar-refractivity contribution >= 4 is 10.2 Å². The molecular formula is C17H29N5O2S. The maximum atomic E-state index is 13.3. The molecule has 7 nitrogen and oxygen atoms in total. The van der Waals surface area contributed by atoms with Gasteiger partial charge in [-0.1, -0.05) is 13.3 Å². The first kappa shape index (κ1) is 17.4. The molecule has 3 aliphatic rings. The molecule has 25 heavy (non-hydrogen) atoms. The average Bonchev–Trinajstić information content (AvgIpc) is 3.16. The predicted octanol–water partition coefficient (Wildman–Crippen LogP) is 2.12. The van der Waals surface area contributed by atoms with Gasteiger partial charge in [-0.2, -0.15) is 17.0 Å². The van der Waals surface area contributed by atoms with Crippen LogP contribution in [0.15, 0.2) is 0 Å². The van der Waals surface area contributed by atoms with E-state index in [0.717, 1.165) is 63.1 Å². The highest BCUT2D eigenvalue weighted by atomic mass is 32.2. The third-order valence-electron chi connectivity index (χ3n) is 5.88. The summed E-state index contributed by atoms with van der Waals surface area (Å²) in [6.45, 7) is 4.95. The minimum Gasteiger partial charge on any atom is -0.314 e. The highest BCUT2D eigenvalue weighted by molar-refractivity contribution is 7.86. The summed E-state index contributed by atoms with van der Waals surface area (Å²) >= 11 is 0. The van der Waals surface area contributed by atoms with Crippen molar-refractivity contribution < 1.29 is 8.42 Å². The molecule has 4 rings (SSSR count). The van der Waals surface area contributed by atoms with Crippen LogP contribution in [0.1, 0.15) is 69.6 Å². The fourth-order valence-electron chi connectivity index (χ4n) is 4.53. The Bertz CT molecular complexity index is 717. The van der Waals surface area contributed by atoms with Crippen LogP contribution in [0.3, 0.4) is 0 Å². The molecule has 140 valence electrons. The Morgan fingerprint density at radius 3 is 2.64 bits per heavy atom. The van der Waals surface area contributed by atoms with Crippen molar-refractivity contribution in [1.29, 1.82) is 0 Å². The van der Waals surface area contributed by atoms with Gasteiger partial charge < -0.3 is 4.57 Å². The van der Waals surface area contributed by atoms with Gasteiger partial charge in [0.1, 0.15) is 5.82 Å². The van der Waals surface area contributed by atoms with E-state index >= 15 is 0 Å². The van der Waals surface area contributed by atoms with E-state index in [9.17, 15) is 8.42 Å². The van der Waals surface area contributed by atoms with Crippen molar-refractivity contribution in [2.75, 3.05) is 19.6 Å². The van der Waals surface area contributed by atoms with Gasteiger partial charge in [-0.3, -0.25) is 0 Å². The molecule has 2 unspecified atom stereocenters. The number of piperidine rings is 1. The summed E-state index contributed by atoms with van der Waals surface area (Å²) in [6, 6.07) is -0.151. The average molecular weight is 368 g/mol. The van der Waals surface area contributed by atoms with Crippen LogP contribution < -0.4 is 0 Å². The van der Waals surface area contributed by atoms with Crippen LogP contribution in [0.5, 0.6) is 0 Å². The summed E-state index contributed by atoms with van der Waals surface area (Å²) in [7, 11) is -3.42. The molecule has 0 bridgehead atoms. The lowest BCUT2D eigenvalue weighted by Gasteiger charge is -2.35. The van der Waals surface area contributed by atoms with Gasteiger partial charge in [0.15, 0.2) is 5.82 Å². The van der Waals surface area contributed by atoms with Crippen LogP contribution in [0, 0.1) is 5.92 Å². The predicted molar refractivity (Wildman–Crippen MR) is 95.1 cm³/mol. The number of aromatic nitrogens is 3. The monoisotopic (exact) mass is 367 g/mol. The van der Waals surface area contributed by atoms with E-state index in [-0.39, 0.29) is 6.04 Å². The molecule has 0 spiro atoms. The normalized spacial score (nSPS) is 29.5. The Kier molecular flexibility index (Phi) is 4.85. The highest BCUT2D eigenvalue weighted by Crippen LogP contribution is 2.36. The van der Waals surface area contributed by atoms with Gasteiger partial charge in [-0.15, -0.1) is 10.2 Å². The van der Waals surface area contributed by atoms with Crippen molar-refractivity contribution in [2.24, 2.45) is 5.92 Å². The fraction of sp³-hybridized carbons (Fsp3) is 0.882. The van der Waals surface area contributed by atoms with Crippen LogP contribution in [0.25, 0.3) is 0 Å². The van der Waals surface area contributed by atoms with E-state index in [1.165, 1.54) is 6.42 Å². The van der Waals surface area contributed by atoms with E-state index < -0.39 is 10.2 Å². The Labute approximate surface area is 150 Å². The fourth-order valence-corrected chi connectivity index (χ4v) is 6.51. The SMILES string of the molecule is CC1CCCN(S(=O)(=O)N2CCCC2c2nnc3n2CCCCC3)C1. The van der Waals surface area contributed by atoms with Crippen LogP contribution in [0.2, 0.25) is 0 Å². The van der Waals surface area contributed by atoms with Crippen molar-refractivity contribution in [2.45, 2.75) is 70.9 Å². The summed E-state index contributed by atoms with van der Waals surface area (Å²) in [5.41, 5.74) is 0. The molecule has 1 aromatic heterocycles. The first-order valence-corrected chi connectivity index (χ1v) is 11.2. The summed E-state index contributed by atoms with van der Waals surface area (Å²) < 4.78 is 32.1. The van der Waals surface area contributed by atoms with E-state index in [1.807, 2.05) is 0 Å². The number of rotatable bonds is 3. The molecule has 0 aliphatic carbocycles. The second kappa shape index (κ2) is 6.96. The van der Waals surface area contributed by atoms with Crippen molar-refractivity contribution in [3.63, 3.8) is 0 Å². The third-order valence-corrected chi connectivity index (χ3v) is 7.90. The first-order chi connectivity index (χ1) is 12.1. The zero-order valence-corrected chi connectivity index (χ0v) is 15.9. The van der Waals surface area contributed by atoms with Gasteiger partial charge in [0, 0.05) is 32.6 Å². The summed E-state index contributed by atoms with van der Waals surface area (Å²) in [5, 5.41) is 8.81. The molecule has 0 amide bonds. The van der Waals surface area contributed by atoms with Gasteiger partial charge in [-0.05, 0) is 44.4 Å². The largest absolute Gasteiger partial charge is 0.314 e. The molecule has 2 fully saturated rings. The quantitative estimate of drug-likeness (QED) is 0.820. The van der Waals surface area contributed by atoms with Gasteiger partial charge >= 0.3 is 0 Å². The second-order valence-electron chi connectivity index (χ2n) is 7.82. The summed E-state index contributed by atoms with van der Waals surface area (Å²) in [4.78, 5) is 0. The lowest BCUT2D eigenvalue weighted by atomic mass is 10.0. The van der Waals surface area contributed by atoms with Crippen LogP contribution in [-0.4, -0.2) is 51.4 Å². The molecule has 2 saturated heterocycles. The maximum absolute atomic E-state index is 13.3. The zero-order valence-electron chi connectivity index (χ0n) is 15.1. The van der Waals surface area contributed by atoms with Gasteiger partial charge in [-0.25, -0.2) is 0 Å². The van der Waals surface area contributed by atoms with Gasteiger partial charge in [0.2, 0.25) is 0 Å². The molecule has 0 aromatic carbocycles. The Morgan fingerprint density at radius 1 is 0.960 bits per heavy atom. The van der Waals surface area contributed by atoms with Crippen LogP contribution in [-0.2, 0) is 23.2 Å². The molecule has 8 heteroatoms. The molecular weight excluding hydrogens is 338 g/mol. The lowest BCUT2D eigenvalue weighted by molar-refractivity contribution is 0.251. The van der Waals surface area contributed by atoms with E-state index in [4.69, 9.17) is 0 Å². The van der Waals surface area contributed by atoms with Crippen molar-refractivity contribution in [1.82, 2.24) is 23.4 Å². The highest BCUT2D eigenvalue weighted by Gasteiger charge is 2.42. The van der Waals surface area contributed by atoms with E-state index in [2.05, 4.69) is 21.7 Å². The molecule has 4 heterocycles. The summed E-state index contributed by atoms with van der Waals surface area (Å²) in [5.74, 6) is 2.33. The van der Waals surface area contributed by atoms with E-state index in [0.29, 0.717) is 25.6 Å². The van der Waals surface area contributed by atoms with Gasteiger partial charge in [0.05, 0.1) is 6.04 Å². The van der Waals surface area contributed by atoms with Crippen LogP contribution >= 0.6 is 0 Å². The van der Waals surface area contributed by atoms with Crippen molar-refractivity contribution in [3.05, 3.63) is 11.6 Å². The topological polar surface area (TPSA) is 71.3 Å². The first-order valence-electron chi connectivity index (χ1n) is 9.76. The minimum atomic E-state index is -3.42. The molecule has 0 saturated carbocycles. The Morgan fingerprint density at radius 2 is 1.80 bits per heavy atom. The third kappa shape index (κ3) is 3.24. The second-order valence-corrected chi connectivity index (χ2v) is 9.70. The number of hydrogen-bond acceptors (Lipinski definition) is 4. The molecule has 0 radical (unpaired) electrons. The maximum Gasteiger partial charge on any atom is 0.282 e. The number of fused-ring (bicyclic) bond motifs is 1. The summed E-state index contributed by atoms with van der Waals surface area (Å²) in [6.07, 6.45) is 8.26. The minimum absolute atomic E-state index is 0.151. The number of nitrogens with zero attached hydrogens (tertiary/aromatic N) is 5. The van der Waals surface area contributed by atoms with Gasteiger partial charge in [0.25, 0.3) is 10.2 Å². The number of aryl methyl sites for hydroxylation is 1. The lowest BCUT2D eigenvalue weighted by Crippen LogP contribution is -2.47. The Balaban J connectivity index is 1.61. The molecule has 2 atom stereocenters. The molecule has 3 aliphatic heterocycles. The molecule has 1 aromatic rings. The smallest absolute Gasteiger partial charge is 0.282 e. The Hall–Kier alpha value is -0.990. The van der Waals surface area contributed by atoms with Crippen LogP contribution in [0.4, 0.5) is 0 Å².